The second-order valence-corrected chi connectivity index (χ2v) is 5.95. The molecule has 2 atom stereocenters. The molecule has 2 unspecified atom stereocenters. The summed E-state index contributed by atoms with van der Waals surface area (Å²) < 4.78 is 5.39. The Morgan fingerprint density at radius 3 is 3.00 bits per heavy atom. The molecular weight excluding hydrogens is 244 g/mol. The maximum atomic E-state index is 6.38. The Bertz CT molecular complexity index is 386. The van der Waals surface area contributed by atoms with Crippen molar-refractivity contribution in [2.24, 2.45) is 5.73 Å². The summed E-state index contributed by atoms with van der Waals surface area (Å²) in [6, 6.07) is 8.78. The van der Waals surface area contributed by atoms with E-state index in [4.69, 9.17) is 10.5 Å². The lowest BCUT2D eigenvalue weighted by molar-refractivity contribution is 0.234. The molecule has 2 N–H and O–H groups in total. The van der Waals surface area contributed by atoms with Gasteiger partial charge in [0, 0.05) is 30.1 Å². The van der Waals surface area contributed by atoms with E-state index >= 15 is 0 Å². The van der Waals surface area contributed by atoms with Crippen molar-refractivity contribution in [1.82, 2.24) is 4.90 Å². The average Bonchev–Trinajstić information content (AvgIpc) is 2.39. The highest BCUT2D eigenvalue weighted by molar-refractivity contribution is 7.99. The van der Waals surface area contributed by atoms with E-state index in [0.29, 0.717) is 6.04 Å². The molecule has 0 radical (unpaired) electrons. The van der Waals surface area contributed by atoms with Crippen LogP contribution in [0.25, 0.3) is 0 Å². The Morgan fingerprint density at radius 1 is 1.50 bits per heavy atom. The van der Waals surface area contributed by atoms with Crippen molar-refractivity contribution in [2.45, 2.75) is 18.5 Å². The minimum absolute atomic E-state index is 0.166. The fraction of sp³-hybridized carbons (Fsp3) is 0.571. The van der Waals surface area contributed by atoms with Gasteiger partial charge >= 0.3 is 0 Å². The van der Waals surface area contributed by atoms with Gasteiger partial charge in [-0.1, -0.05) is 18.2 Å². The molecule has 0 spiro atoms. The number of thioether (sulfide) groups is 1. The summed E-state index contributed by atoms with van der Waals surface area (Å²) in [7, 11) is 3.89. The van der Waals surface area contributed by atoms with Crippen molar-refractivity contribution in [3.8, 4) is 5.75 Å². The Balaban J connectivity index is 2.03. The van der Waals surface area contributed by atoms with Crippen LogP contribution in [-0.4, -0.2) is 49.2 Å². The Kier molecular flexibility index (Phi) is 4.92. The molecule has 4 heteroatoms. The van der Waals surface area contributed by atoms with E-state index in [2.05, 4.69) is 18.0 Å². The highest BCUT2D eigenvalue weighted by Gasteiger charge is 2.26. The largest absolute Gasteiger partial charge is 0.496 e. The molecule has 1 aliphatic heterocycles. The standard InChI is InChI=1S/C14H22N2OS/c1-16-7-8-18-10-13(16)12(15)9-11-5-3-4-6-14(11)17-2/h3-6,12-13H,7-10,15H2,1-2H3. The van der Waals surface area contributed by atoms with Gasteiger partial charge in [0.2, 0.25) is 0 Å². The lowest BCUT2D eigenvalue weighted by atomic mass is 9.99. The normalized spacial score (nSPS) is 22.7. The predicted octanol–water partition coefficient (Wildman–Crippen LogP) is 1.61. The SMILES string of the molecule is COc1ccccc1CC(N)C1CSCCN1C. The van der Waals surface area contributed by atoms with Gasteiger partial charge in [0.25, 0.3) is 0 Å². The number of nitrogens with zero attached hydrogens (tertiary/aromatic N) is 1. The molecule has 1 heterocycles. The molecule has 2 rings (SSSR count). The maximum absolute atomic E-state index is 6.38. The molecule has 100 valence electrons. The van der Waals surface area contributed by atoms with E-state index < -0.39 is 0 Å². The van der Waals surface area contributed by atoms with Crippen molar-refractivity contribution >= 4 is 11.8 Å². The average molecular weight is 266 g/mol. The zero-order chi connectivity index (χ0) is 13.0. The molecule has 0 saturated carbocycles. The minimum Gasteiger partial charge on any atom is -0.496 e. The monoisotopic (exact) mass is 266 g/mol. The third kappa shape index (κ3) is 3.19. The van der Waals surface area contributed by atoms with Gasteiger partial charge in [0.1, 0.15) is 5.75 Å². The topological polar surface area (TPSA) is 38.5 Å². The molecule has 18 heavy (non-hydrogen) atoms. The number of ether oxygens (including phenoxy) is 1. The Hall–Kier alpha value is -0.710. The summed E-state index contributed by atoms with van der Waals surface area (Å²) in [4.78, 5) is 2.39. The fourth-order valence-corrected chi connectivity index (χ4v) is 3.74. The molecule has 1 saturated heterocycles. The van der Waals surface area contributed by atoms with Gasteiger partial charge < -0.3 is 15.4 Å². The third-order valence-electron chi connectivity index (χ3n) is 3.59. The van der Waals surface area contributed by atoms with Crippen molar-refractivity contribution in [3.63, 3.8) is 0 Å². The van der Waals surface area contributed by atoms with Gasteiger partial charge in [-0.25, -0.2) is 0 Å². The van der Waals surface area contributed by atoms with Crippen LogP contribution in [0.15, 0.2) is 24.3 Å². The van der Waals surface area contributed by atoms with Crippen molar-refractivity contribution in [1.29, 1.82) is 0 Å². The number of nitrogens with two attached hydrogens (primary N) is 1. The summed E-state index contributed by atoms with van der Waals surface area (Å²) in [6.45, 7) is 1.13. The zero-order valence-corrected chi connectivity index (χ0v) is 12.0. The molecule has 1 fully saturated rings. The molecule has 0 bridgehead atoms. The zero-order valence-electron chi connectivity index (χ0n) is 11.1. The van der Waals surface area contributed by atoms with Crippen LogP contribution in [0, 0.1) is 0 Å². The number of para-hydroxylation sites is 1. The number of rotatable bonds is 4. The van der Waals surface area contributed by atoms with Crippen molar-refractivity contribution < 1.29 is 4.74 Å². The Labute approximate surface area is 114 Å². The first-order valence-electron chi connectivity index (χ1n) is 6.38. The van der Waals surface area contributed by atoms with Gasteiger partial charge in [0.15, 0.2) is 0 Å². The van der Waals surface area contributed by atoms with Gasteiger partial charge in [0.05, 0.1) is 7.11 Å². The van der Waals surface area contributed by atoms with E-state index in [1.54, 1.807) is 7.11 Å². The van der Waals surface area contributed by atoms with Gasteiger partial charge in [-0.15, -0.1) is 0 Å². The molecule has 1 aromatic rings. The smallest absolute Gasteiger partial charge is 0.122 e. The van der Waals surface area contributed by atoms with Crippen LogP contribution >= 0.6 is 11.8 Å². The maximum Gasteiger partial charge on any atom is 0.122 e. The van der Waals surface area contributed by atoms with Crippen LogP contribution in [0.4, 0.5) is 0 Å². The van der Waals surface area contributed by atoms with Crippen LogP contribution in [0.3, 0.4) is 0 Å². The minimum atomic E-state index is 0.166. The number of likely N-dealkylation sites (N-methyl/N-ethyl adjacent to an activating group) is 1. The first-order chi connectivity index (χ1) is 8.72. The number of hydrogen-bond donors (Lipinski definition) is 1. The fourth-order valence-electron chi connectivity index (χ4n) is 2.42. The van der Waals surface area contributed by atoms with Crippen LogP contribution in [0.2, 0.25) is 0 Å². The quantitative estimate of drug-likeness (QED) is 0.898. The van der Waals surface area contributed by atoms with Gasteiger partial charge in [-0.05, 0) is 25.1 Å². The molecule has 1 aromatic carbocycles. The molecule has 1 aliphatic rings. The highest BCUT2D eigenvalue weighted by Crippen LogP contribution is 2.22. The lowest BCUT2D eigenvalue weighted by Gasteiger charge is -2.36. The second-order valence-electron chi connectivity index (χ2n) is 4.80. The highest BCUT2D eigenvalue weighted by atomic mass is 32.2. The molecular formula is C14H22N2OS. The first-order valence-corrected chi connectivity index (χ1v) is 7.53. The second kappa shape index (κ2) is 6.45. The molecule has 0 aromatic heterocycles. The predicted molar refractivity (Wildman–Crippen MR) is 78.4 cm³/mol. The van der Waals surface area contributed by atoms with Gasteiger partial charge in [-0.3, -0.25) is 0 Å². The van der Waals surface area contributed by atoms with Crippen molar-refractivity contribution in [2.75, 3.05) is 32.2 Å². The Morgan fingerprint density at radius 2 is 2.28 bits per heavy atom. The van der Waals surface area contributed by atoms with E-state index in [-0.39, 0.29) is 6.04 Å². The molecule has 0 amide bonds. The molecule has 3 nitrogen and oxygen atoms in total. The number of hydrogen-bond acceptors (Lipinski definition) is 4. The van der Waals surface area contributed by atoms with Crippen LogP contribution in [-0.2, 0) is 6.42 Å². The van der Waals surface area contributed by atoms with Crippen LogP contribution in [0.1, 0.15) is 5.56 Å². The van der Waals surface area contributed by atoms with E-state index in [1.807, 2.05) is 30.0 Å². The lowest BCUT2D eigenvalue weighted by Crippen LogP contribution is -2.51. The van der Waals surface area contributed by atoms with Gasteiger partial charge in [-0.2, -0.15) is 11.8 Å². The summed E-state index contributed by atoms with van der Waals surface area (Å²) in [5.41, 5.74) is 7.59. The van der Waals surface area contributed by atoms with Crippen LogP contribution in [0.5, 0.6) is 5.75 Å². The van der Waals surface area contributed by atoms with Crippen LogP contribution < -0.4 is 10.5 Å². The first kappa shape index (κ1) is 13.7. The molecule has 0 aliphatic carbocycles. The number of methoxy groups -OCH3 is 1. The van der Waals surface area contributed by atoms with E-state index in [1.165, 1.54) is 11.3 Å². The summed E-state index contributed by atoms with van der Waals surface area (Å²) >= 11 is 2.00. The number of benzene rings is 1. The van der Waals surface area contributed by atoms with E-state index in [0.717, 1.165) is 24.5 Å². The third-order valence-corrected chi connectivity index (χ3v) is 4.63. The summed E-state index contributed by atoms with van der Waals surface area (Å²) in [5, 5.41) is 0. The summed E-state index contributed by atoms with van der Waals surface area (Å²) in [5.74, 6) is 3.29. The van der Waals surface area contributed by atoms with E-state index in [9.17, 15) is 0 Å². The van der Waals surface area contributed by atoms with Crippen molar-refractivity contribution in [3.05, 3.63) is 29.8 Å². The summed E-state index contributed by atoms with van der Waals surface area (Å²) in [6.07, 6.45) is 0.875.